The molecule has 0 saturated heterocycles. The first-order chi connectivity index (χ1) is 10.1. The van der Waals surface area contributed by atoms with Gasteiger partial charge in [-0.25, -0.2) is 9.37 Å². The number of benzene rings is 2. The van der Waals surface area contributed by atoms with Crippen LogP contribution in [-0.4, -0.2) is 14.7 Å². The molecular formula is C16H14FIN2O. The number of rotatable bonds is 3. The number of halogens is 2. The molecule has 3 rings (SSSR count). The summed E-state index contributed by atoms with van der Waals surface area (Å²) in [6, 6.07) is 10.4. The monoisotopic (exact) mass is 396 g/mol. The fourth-order valence-corrected chi connectivity index (χ4v) is 2.77. The molecule has 3 nitrogen and oxygen atoms in total. The number of nitrogens with zero attached hydrogens (tertiary/aromatic N) is 2. The van der Waals surface area contributed by atoms with Crippen LogP contribution in [0.15, 0.2) is 36.4 Å². The number of imidazole rings is 1. The lowest BCUT2D eigenvalue weighted by molar-refractivity contribution is 0.471. The number of phenols is 1. The smallest absolute Gasteiger partial charge is 0.151 e. The van der Waals surface area contributed by atoms with Gasteiger partial charge in [0.15, 0.2) is 5.82 Å². The quantitative estimate of drug-likeness (QED) is 0.660. The van der Waals surface area contributed by atoms with Crippen molar-refractivity contribution in [3.8, 4) is 17.1 Å². The minimum absolute atomic E-state index is 0.212. The molecule has 1 heterocycles. The molecule has 1 aromatic heterocycles. The minimum atomic E-state index is -0.321. The largest absolute Gasteiger partial charge is 0.507 e. The lowest BCUT2D eigenvalue weighted by atomic mass is 10.2. The van der Waals surface area contributed by atoms with Crippen molar-refractivity contribution in [3.05, 3.63) is 45.8 Å². The molecule has 0 aliphatic carbocycles. The van der Waals surface area contributed by atoms with Crippen molar-refractivity contribution >= 4 is 33.6 Å². The molecule has 0 bridgehead atoms. The van der Waals surface area contributed by atoms with Gasteiger partial charge in [-0.05, 0) is 59.3 Å². The molecule has 2 aromatic carbocycles. The van der Waals surface area contributed by atoms with E-state index in [1.807, 2.05) is 22.8 Å². The van der Waals surface area contributed by atoms with Gasteiger partial charge < -0.3 is 9.67 Å². The van der Waals surface area contributed by atoms with Crippen molar-refractivity contribution in [2.45, 2.75) is 19.9 Å². The highest BCUT2D eigenvalue weighted by Crippen LogP contribution is 2.30. The van der Waals surface area contributed by atoms with Crippen molar-refractivity contribution in [1.29, 1.82) is 0 Å². The zero-order valence-electron chi connectivity index (χ0n) is 11.5. The molecule has 0 saturated carbocycles. The molecule has 0 spiro atoms. The molecule has 1 N–H and O–H groups in total. The van der Waals surface area contributed by atoms with Crippen LogP contribution < -0.4 is 0 Å². The third-order valence-electron chi connectivity index (χ3n) is 3.38. The third kappa shape index (κ3) is 2.50. The van der Waals surface area contributed by atoms with E-state index in [4.69, 9.17) is 0 Å². The molecule has 0 fully saturated rings. The molecule has 5 heteroatoms. The molecule has 108 valence electrons. The van der Waals surface area contributed by atoms with E-state index in [1.54, 1.807) is 12.1 Å². The van der Waals surface area contributed by atoms with E-state index in [-0.39, 0.29) is 11.6 Å². The van der Waals surface area contributed by atoms with Gasteiger partial charge in [-0.3, -0.25) is 0 Å². The predicted octanol–water partition coefficient (Wildman–Crippen LogP) is 4.56. The Balaban J connectivity index is 2.27. The van der Waals surface area contributed by atoms with Gasteiger partial charge in [0, 0.05) is 12.1 Å². The van der Waals surface area contributed by atoms with Crippen LogP contribution >= 0.6 is 22.6 Å². The van der Waals surface area contributed by atoms with E-state index in [9.17, 15) is 9.50 Å². The highest BCUT2D eigenvalue weighted by molar-refractivity contribution is 14.1. The standard InChI is InChI=1S/C16H14FIN2O/c1-2-8-20-13-5-3-4-11(17)15(13)19-16(20)10-6-7-12(18)14(21)9-10/h3-7,9,21H,2,8H2,1H3. The van der Waals surface area contributed by atoms with Gasteiger partial charge in [-0.2, -0.15) is 0 Å². The van der Waals surface area contributed by atoms with Crippen LogP contribution in [0.2, 0.25) is 0 Å². The molecular weight excluding hydrogens is 382 g/mol. The topological polar surface area (TPSA) is 38.0 Å². The molecule has 0 aliphatic rings. The average Bonchev–Trinajstić information content (AvgIpc) is 2.83. The SMILES string of the molecule is CCCn1c(-c2ccc(I)c(O)c2)nc2c(F)cccc21. The van der Waals surface area contributed by atoms with Gasteiger partial charge in [0.2, 0.25) is 0 Å². The van der Waals surface area contributed by atoms with Crippen molar-refractivity contribution in [2.75, 3.05) is 0 Å². The summed E-state index contributed by atoms with van der Waals surface area (Å²) >= 11 is 2.07. The molecule has 21 heavy (non-hydrogen) atoms. The molecule has 0 amide bonds. The fraction of sp³-hybridized carbons (Fsp3) is 0.188. The van der Waals surface area contributed by atoms with E-state index >= 15 is 0 Å². The van der Waals surface area contributed by atoms with E-state index in [1.165, 1.54) is 6.07 Å². The second-order valence-corrected chi connectivity index (χ2v) is 6.02. The first kappa shape index (κ1) is 14.3. The molecule has 0 aliphatic heterocycles. The van der Waals surface area contributed by atoms with Gasteiger partial charge in [0.1, 0.15) is 17.1 Å². The minimum Gasteiger partial charge on any atom is -0.507 e. The first-order valence-electron chi connectivity index (χ1n) is 6.75. The van der Waals surface area contributed by atoms with Crippen LogP contribution in [0.3, 0.4) is 0 Å². The highest BCUT2D eigenvalue weighted by atomic mass is 127. The summed E-state index contributed by atoms with van der Waals surface area (Å²) in [6.45, 7) is 2.82. The third-order valence-corrected chi connectivity index (χ3v) is 4.29. The number of hydrogen-bond donors (Lipinski definition) is 1. The maximum absolute atomic E-state index is 14.0. The Bertz CT molecular complexity index is 813. The predicted molar refractivity (Wildman–Crippen MR) is 89.8 cm³/mol. The summed E-state index contributed by atoms with van der Waals surface area (Å²) in [5.74, 6) is 0.575. The molecule has 0 atom stereocenters. The summed E-state index contributed by atoms with van der Waals surface area (Å²) in [7, 11) is 0. The zero-order valence-corrected chi connectivity index (χ0v) is 13.6. The Morgan fingerprint density at radius 3 is 2.81 bits per heavy atom. The summed E-state index contributed by atoms with van der Waals surface area (Å²) in [5.41, 5.74) is 1.95. The normalized spacial score (nSPS) is 11.2. The van der Waals surface area contributed by atoms with Crippen molar-refractivity contribution in [3.63, 3.8) is 0 Å². The summed E-state index contributed by atoms with van der Waals surface area (Å²) in [6.07, 6.45) is 0.922. The zero-order chi connectivity index (χ0) is 15.0. The second-order valence-electron chi connectivity index (χ2n) is 4.86. The second kappa shape index (κ2) is 5.63. The van der Waals surface area contributed by atoms with Crippen LogP contribution in [0.1, 0.15) is 13.3 Å². The maximum atomic E-state index is 14.0. The van der Waals surface area contributed by atoms with Crippen LogP contribution in [0.4, 0.5) is 4.39 Å². The average molecular weight is 396 g/mol. The van der Waals surface area contributed by atoms with Gasteiger partial charge in [0.25, 0.3) is 0 Å². The maximum Gasteiger partial charge on any atom is 0.151 e. The number of hydrogen-bond acceptors (Lipinski definition) is 2. The Morgan fingerprint density at radius 1 is 1.29 bits per heavy atom. The van der Waals surface area contributed by atoms with Gasteiger partial charge in [-0.15, -0.1) is 0 Å². The van der Waals surface area contributed by atoms with Gasteiger partial charge in [0.05, 0.1) is 9.09 Å². The fourth-order valence-electron chi connectivity index (χ4n) is 2.43. The Labute approximate surface area is 135 Å². The van der Waals surface area contributed by atoms with Gasteiger partial charge >= 0.3 is 0 Å². The summed E-state index contributed by atoms with van der Waals surface area (Å²) < 4.78 is 16.7. The van der Waals surface area contributed by atoms with E-state index in [2.05, 4.69) is 34.5 Å². The van der Waals surface area contributed by atoms with E-state index in [0.717, 1.165) is 27.6 Å². The molecule has 0 radical (unpaired) electrons. The van der Waals surface area contributed by atoms with Crippen LogP contribution in [0.25, 0.3) is 22.4 Å². The number of aryl methyl sites for hydroxylation is 1. The van der Waals surface area contributed by atoms with Crippen LogP contribution in [-0.2, 0) is 6.54 Å². The van der Waals surface area contributed by atoms with E-state index in [0.29, 0.717) is 11.3 Å². The number of para-hydroxylation sites is 1. The van der Waals surface area contributed by atoms with Crippen LogP contribution in [0, 0.1) is 9.39 Å². The summed E-state index contributed by atoms with van der Waals surface area (Å²) in [5, 5.41) is 9.89. The lowest BCUT2D eigenvalue weighted by Gasteiger charge is -2.08. The first-order valence-corrected chi connectivity index (χ1v) is 7.83. The lowest BCUT2D eigenvalue weighted by Crippen LogP contribution is -1.99. The number of aromatic nitrogens is 2. The Hall–Kier alpha value is -1.63. The Morgan fingerprint density at radius 2 is 2.10 bits per heavy atom. The van der Waals surface area contributed by atoms with E-state index < -0.39 is 0 Å². The molecule has 0 unspecified atom stereocenters. The number of fused-ring (bicyclic) bond motifs is 1. The van der Waals surface area contributed by atoms with Crippen molar-refractivity contribution in [2.24, 2.45) is 0 Å². The van der Waals surface area contributed by atoms with Crippen LogP contribution in [0.5, 0.6) is 5.75 Å². The summed E-state index contributed by atoms with van der Waals surface area (Å²) in [4.78, 5) is 4.45. The number of phenolic OH excluding ortho intramolecular Hbond substituents is 1. The Kier molecular flexibility index (Phi) is 3.84. The number of aromatic hydroxyl groups is 1. The molecule has 3 aromatic rings. The van der Waals surface area contributed by atoms with Crippen molar-refractivity contribution in [1.82, 2.24) is 9.55 Å². The van der Waals surface area contributed by atoms with Gasteiger partial charge in [-0.1, -0.05) is 13.0 Å². The van der Waals surface area contributed by atoms with Crippen molar-refractivity contribution < 1.29 is 9.50 Å². The highest BCUT2D eigenvalue weighted by Gasteiger charge is 2.15.